The maximum atomic E-state index is 13.3. The molecule has 6 N–H and O–H groups in total. The number of ether oxygens (including phenoxy) is 2. The van der Waals surface area contributed by atoms with Crippen molar-refractivity contribution in [3.8, 4) is 0 Å². The Morgan fingerprint density at radius 2 is 0.909 bits per heavy atom. The second-order valence-corrected chi connectivity index (χ2v) is 12.3. The second kappa shape index (κ2) is 19.2. The number of H-pyrrole nitrogens is 2. The Labute approximate surface area is 318 Å². The first-order valence-electron chi connectivity index (χ1n) is 17.8. The van der Waals surface area contributed by atoms with E-state index in [4.69, 9.17) is 9.47 Å². The molecule has 0 radical (unpaired) electrons. The first-order chi connectivity index (χ1) is 26.7. The van der Waals surface area contributed by atoms with Crippen molar-refractivity contribution < 1.29 is 28.7 Å². The van der Waals surface area contributed by atoms with Crippen molar-refractivity contribution in [1.82, 2.24) is 20.8 Å². The predicted molar refractivity (Wildman–Crippen MR) is 211 cm³/mol. The number of anilines is 2. The third kappa shape index (κ3) is 10.6. The molecule has 5 rings (SSSR count). The maximum absolute atomic E-state index is 13.3. The average Bonchev–Trinajstić information content (AvgIpc) is 3.86. The van der Waals surface area contributed by atoms with Crippen LogP contribution >= 0.6 is 0 Å². The normalized spacial score (nSPS) is 13.2. The number of para-hydroxylation sites is 2. The Bertz CT molecular complexity index is 1980. The standard InChI is InChI=1S/C41H44N8O6/c1-5-54-38(50)35(26(3)46-48-40(52)42-29-18-12-8-13-19-29)31-22-24-33(44-31)37(28-16-10-7-11-17-28)34-25-23-32(45-34)36(39(51)55-6-2)27(4)47-49-41(53)43-30-20-14-9-15-21-30/h7-25,35-37,44-45H,5-6H2,1-4H3,(H2,42,48,52)(H2,43,49,53)/b46-26+,47-27+. The fraction of sp³-hybridized carbons (Fsp3) is 0.220. The minimum Gasteiger partial charge on any atom is -0.465 e. The highest BCUT2D eigenvalue weighted by Gasteiger charge is 2.31. The van der Waals surface area contributed by atoms with E-state index in [1.54, 1.807) is 88.4 Å². The molecule has 0 spiro atoms. The van der Waals surface area contributed by atoms with E-state index in [1.807, 2.05) is 54.6 Å². The average molecular weight is 745 g/mol. The van der Waals surface area contributed by atoms with Crippen LogP contribution in [0.15, 0.2) is 125 Å². The molecule has 284 valence electrons. The van der Waals surface area contributed by atoms with Gasteiger partial charge in [0.2, 0.25) is 0 Å². The molecule has 0 saturated heterocycles. The molecule has 0 saturated carbocycles. The number of hydrogen-bond donors (Lipinski definition) is 6. The van der Waals surface area contributed by atoms with Gasteiger partial charge >= 0.3 is 24.0 Å². The zero-order valence-corrected chi connectivity index (χ0v) is 31.0. The smallest absolute Gasteiger partial charge is 0.339 e. The number of carbonyl (C=O) groups is 4. The molecule has 4 amide bonds. The van der Waals surface area contributed by atoms with E-state index in [-0.39, 0.29) is 13.2 Å². The zero-order valence-electron chi connectivity index (χ0n) is 31.0. The van der Waals surface area contributed by atoms with Gasteiger partial charge in [-0.1, -0.05) is 66.7 Å². The lowest BCUT2D eigenvalue weighted by molar-refractivity contribution is -0.144. The number of hydrazone groups is 2. The highest BCUT2D eigenvalue weighted by molar-refractivity contribution is 6.07. The van der Waals surface area contributed by atoms with E-state index < -0.39 is 41.8 Å². The molecule has 0 fully saturated rings. The molecule has 2 atom stereocenters. The summed E-state index contributed by atoms with van der Waals surface area (Å²) in [5, 5.41) is 13.9. The van der Waals surface area contributed by atoms with Gasteiger partial charge in [0, 0.05) is 34.2 Å². The fourth-order valence-electron chi connectivity index (χ4n) is 5.97. The molecule has 0 aliphatic heterocycles. The van der Waals surface area contributed by atoms with E-state index in [0.29, 0.717) is 34.2 Å². The SMILES string of the molecule is CCOC(=O)C(/C(C)=N/NC(=O)Nc1ccccc1)c1ccc(C(c2ccccc2)c2ccc(C(C(=O)OCC)/C(C)=N/NC(=O)Nc3ccccc3)[nH]2)[nH]1. The lowest BCUT2D eigenvalue weighted by Gasteiger charge is -2.18. The first-order valence-corrected chi connectivity index (χ1v) is 17.8. The Hall–Kier alpha value is -6.96. The van der Waals surface area contributed by atoms with Gasteiger partial charge in [-0.2, -0.15) is 10.2 Å². The molecule has 0 bridgehead atoms. The number of aromatic nitrogens is 2. The van der Waals surface area contributed by atoms with Gasteiger partial charge < -0.3 is 30.1 Å². The topological polar surface area (TPSA) is 191 Å². The molecule has 0 aliphatic carbocycles. The van der Waals surface area contributed by atoms with E-state index in [2.05, 4.69) is 41.7 Å². The summed E-state index contributed by atoms with van der Waals surface area (Å²) in [7, 11) is 0. The van der Waals surface area contributed by atoms with Crippen molar-refractivity contribution in [3.05, 3.63) is 144 Å². The molecule has 5 aromatic rings. The fourth-order valence-corrected chi connectivity index (χ4v) is 5.97. The lowest BCUT2D eigenvalue weighted by Crippen LogP contribution is -2.29. The van der Waals surface area contributed by atoms with E-state index >= 15 is 0 Å². The highest BCUT2D eigenvalue weighted by atomic mass is 16.5. The minimum atomic E-state index is -0.958. The maximum Gasteiger partial charge on any atom is 0.339 e. The van der Waals surface area contributed by atoms with Crippen LogP contribution in [0.5, 0.6) is 0 Å². The van der Waals surface area contributed by atoms with Gasteiger partial charge in [0.05, 0.1) is 30.6 Å². The molecule has 2 unspecified atom stereocenters. The summed E-state index contributed by atoms with van der Waals surface area (Å²) < 4.78 is 10.8. The number of carbonyl (C=O) groups excluding carboxylic acids is 4. The summed E-state index contributed by atoms with van der Waals surface area (Å²) in [6.45, 7) is 6.99. The van der Waals surface area contributed by atoms with Gasteiger partial charge in [-0.05, 0) is 81.8 Å². The molecule has 14 nitrogen and oxygen atoms in total. The number of nitrogens with zero attached hydrogens (tertiary/aromatic N) is 2. The quantitative estimate of drug-likeness (QED) is 0.0373. The van der Waals surface area contributed by atoms with Gasteiger partial charge in [-0.3, -0.25) is 9.59 Å². The van der Waals surface area contributed by atoms with Gasteiger partial charge in [-0.25, -0.2) is 20.4 Å². The Morgan fingerprint density at radius 1 is 0.545 bits per heavy atom. The molecule has 0 aliphatic rings. The van der Waals surface area contributed by atoms with Crippen molar-refractivity contribution in [1.29, 1.82) is 0 Å². The van der Waals surface area contributed by atoms with Crippen molar-refractivity contribution in [2.45, 2.75) is 45.4 Å². The summed E-state index contributed by atoms with van der Waals surface area (Å²) in [4.78, 5) is 58.7. The van der Waals surface area contributed by atoms with Crippen molar-refractivity contribution in [3.63, 3.8) is 0 Å². The van der Waals surface area contributed by atoms with Crippen LogP contribution in [0.3, 0.4) is 0 Å². The van der Waals surface area contributed by atoms with Gasteiger partial charge in [0.25, 0.3) is 0 Å². The summed E-state index contributed by atoms with van der Waals surface area (Å²) in [5.41, 5.74) is 10.1. The molecule has 2 aromatic heterocycles. The van der Waals surface area contributed by atoms with Crippen LogP contribution in [-0.2, 0) is 19.1 Å². The van der Waals surface area contributed by atoms with Crippen LogP contribution in [0.2, 0.25) is 0 Å². The first kappa shape index (κ1) is 39.3. The molecule has 14 heteroatoms. The van der Waals surface area contributed by atoms with Gasteiger partial charge in [0.15, 0.2) is 0 Å². The van der Waals surface area contributed by atoms with Crippen LogP contribution in [0.25, 0.3) is 0 Å². The monoisotopic (exact) mass is 744 g/mol. The summed E-state index contributed by atoms with van der Waals surface area (Å²) in [5.74, 6) is -3.41. The summed E-state index contributed by atoms with van der Waals surface area (Å²) in [6, 6.07) is 33.7. The van der Waals surface area contributed by atoms with Crippen LogP contribution in [0.1, 0.15) is 73.8 Å². The largest absolute Gasteiger partial charge is 0.465 e. The zero-order chi connectivity index (χ0) is 39.2. The number of amides is 4. The third-order valence-corrected chi connectivity index (χ3v) is 8.45. The summed E-state index contributed by atoms with van der Waals surface area (Å²) in [6.07, 6.45) is 0. The number of benzene rings is 3. The lowest BCUT2D eigenvalue weighted by atomic mass is 9.93. The predicted octanol–water partition coefficient (Wildman–Crippen LogP) is 7.21. The van der Waals surface area contributed by atoms with Crippen LogP contribution in [0.4, 0.5) is 21.0 Å². The van der Waals surface area contributed by atoms with Crippen molar-refractivity contribution in [2.75, 3.05) is 23.8 Å². The Kier molecular flexibility index (Phi) is 13.7. The van der Waals surface area contributed by atoms with Crippen LogP contribution < -0.4 is 21.5 Å². The Balaban J connectivity index is 1.43. The Morgan fingerprint density at radius 3 is 1.29 bits per heavy atom. The number of urea groups is 2. The number of nitrogens with one attached hydrogen (secondary N) is 6. The van der Waals surface area contributed by atoms with Gasteiger partial charge in [0.1, 0.15) is 11.8 Å². The van der Waals surface area contributed by atoms with Crippen LogP contribution in [-0.4, -0.2) is 58.6 Å². The van der Waals surface area contributed by atoms with Gasteiger partial charge in [-0.15, -0.1) is 0 Å². The number of hydrogen-bond acceptors (Lipinski definition) is 8. The van der Waals surface area contributed by atoms with E-state index in [9.17, 15) is 19.2 Å². The van der Waals surface area contributed by atoms with Crippen molar-refractivity contribution in [2.24, 2.45) is 10.2 Å². The molecule has 3 aromatic carbocycles. The van der Waals surface area contributed by atoms with E-state index in [0.717, 1.165) is 17.0 Å². The number of aromatic amines is 2. The molecular formula is C41H44N8O6. The van der Waals surface area contributed by atoms with Crippen LogP contribution in [0, 0.1) is 0 Å². The number of esters is 2. The molecular weight excluding hydrogens is 701 g/mol. The summed E-state index contributed by atoms with van der Waals surface area (Å²) >= 11 is 0. The molecule has 55 heavy (non-hydrogen) atoms. The molecule has 2 heterocycles. The van der Waals surface area contributed by atoms with E-state index in [1.165, 1.54) is 0 Å². The third-order valence-electron chi connectivity index (χ3n) is 8.45. The highest BCUT2D eigenvalue weighted by Crippen LogP contribution is 2.34. The number of rotatable bonds is 15. The van der Waals surface area contributed by atoms with Crippen molar-refractivity contribution >= 4 is 46.8 Å². The second-order valence-electron chi connectivity index (χ2n) is 12.3. The minimum absolute atomic E-state index is 0.146.